The van der Waals surface area contributed by atoms with Gasteiger partial charge in [-0.25, -0.2) is 23.1 Å². The molecule has 0 atom stereocenters. The molecule has 7 nitrogen and oxygen atoms in total. The van der Waals surface area contributed by atoms with Gasteiger partial charge in [0, 0.05) is 19.2 Å². The number of anilines is 2. The molecule has 0 aromatic carbocycles. The molecule has 3 N–H and O–H groups in total. The lowest BCUT2D eigenvalue weighted by molar-refractivity contribution is 0.588. The summed E-state index contributed by atoms with van der Waals surface area (Å²) in [4.78, 5) is 8.55. The van der Waals surface area contributed by atoms with E-state index >= 15 is 0 Å². The molecule has 0 saturated carbocycles. The van der Waals surface area contributed by atoms with E-state index in [9.17, 15) is 8.42 Å². The predicted molar refractivity (Wildman–Crippen MR) is 79.3 cm³/mol. The third-order valence-corrected chi connectivity index (χ3v) is 4.15. The van der Waals surface area contributed by atoms with Gasteiger partial charge in [-0.3, -0.25) is 0 Å². The number of nitrogens with one attached hydrogen (secondary N) is 3. The van der Waals surface area contributed by atoms with Gasteiger partial charge in [-0.2, -0.15) is 0 Å². The van der Waals surface area contributed by atoms with Crippen LogP contribution in [0.5, 0.6) is 0 Å². The summed E-state index contributed by atoms with van der Waals surface area (Å²) in [6.45, 7) is 3.03. The lowest BCUT2D eigenvalue weighted by Crippen LogP contribution is -2.26. The highest BCUT2D eigenvalue weighted by Crippen LogP contribution is 2.16. The van der Waals surface area contributed by atoms with E-state index in [4.69, 9.17) is 0 Å². The Morgan fingerprint density at radius 1 is 1.26 bits per heavy atom. The average molecular weight is 305 g/mol. The van der Waals surface area contributed by atoms with E-state index < -0.39 is 10.0 Å². The summed E-state index contributed by atoms with van der Waals surface area (Å²) < 4.78 is 24.8. The number of sulfonamides is 1. The van der Waals surface area contributed by atoms with Crippen LogP contribution in [0, 0.1) is 0 Å². The van der Waals surface area contributed by atoms with Gasteiger partial charge < -0.3 is 10.6 Å². The molecule has 0 unspecified atom stereocenters. The molecule has 9 heteroatoms. The van der Waals surface area contributed by atoms with Gasteiger partial charge in [-0.05, 0) is 20.2 Å². The smallest absolute Gasteiger partial charge is 0.213 e. The second-order valence-electron chi connectivity index (χ2n) is 3.61. The molecular formula is C10H19N5O2S2. The first-order valence-corrected chi connectivity index (χ1v) is 8.70. The van der Waals surface area contributed by atoms with Gasteiger partial charge in [0.25, 0.3) is 0 Å². The number of nitrogens with zero attached hydrogens (tertiary/aromatic N) is 2. The van der Waals surface area contributed by atoms with Crippen molar-refractivity contribution in [2.24, 2.45) is 0 Å². The summed E-state index contributed by atoms with van der Waals surface area (Å²) in [6, 6.07) is 1.76. The zero-order valence-corrected chi connectivity index (χ0v) is 12.9. The molecular weight excluding hydrogens is 286 g/mol. The fourth-order valence-electron chi connectivity index (χ4n) is 1.29. The predicted octanol–water partition coefficient (Wildman–Crippen LogP) is 0.591. The fraction of sp³-hybridized carbons (Fsp3) is 0.600. The minimum Gasteiger partial charge on any atom is -0.370 e. The molecule has 1 aromatic heterocycles. The van der Waals surface area contributed by atoms with E-state index in [2.05, 4.69) is 25.3 Å². The van der Waals surface area contributed by atoms with Crippen LogP contribution >= 0.6 is 11.8 Å². The second-order valence-corrected chi connectivity index (χ2v) is 6.42. The largest absolute Gasteiger partial charge is 0.370 e. The summed E-state index contributed by atoms with van der Waals surface area (Å²) in [7, 11) is -1.80. The Morgan fingerprint density at radius 2 is 1.89 bits per heavy atom. The van der Waals surface area contributed by atoms with Crippen molar-refractivity contribution >= 4 is 33.4 Å². The molecule has 0 aliphatic rings. The molecule has 0 radical (unpaired) electrons. The number of hydrogen-bond donors (Lipinski definition) is 3. The van der Waals surface area contributed by atoms with Gasteiger partial charge in [0.05, 0.1) is 5.75 Å². The van der Waals surface area contributed by atoms with Crippen molar-refractivity contribution in [1.82, 2.24) is 14.7 Å². The quantitative estimate of drug-likeness (QED) is 0.478. The Labute approximate surface area is 118 Å². The maximum atomic E-state index is 11.3. The zero-order valence-electron chi connectivity index (χ0n) is 11.2. The highest BCUT2D eigenvalue weighted by atomic mass is 32.2. The maximum Gasteiger partial charge on any atom is 0.213 e. The Kier molecular flexibility index (Phi) is 6.32. The molecule has 0 bridgehead atoms. The number of hydrogen-bond acceptors (Lipinski definition) is 7. The van der Waals surface area contributed by atoms with E-state index in [0.29, 0.717) is 17.5 Å². The lowest BCUT2D eigenvalue weighted by atomic mass is 10.5. The van der Waals surface area contributed by atoms with Gasteiger partial charge in [-0.15, -0.1) is 0 Å². The number of thioether (sulfide) groups is 1. The molecule has 19 heavy (non-hydrogen) atoms. The van der Waals surface area contributed by atoms with Crippen molar-refractivity contribution in [2.45, 2.75) is 12.1 Å². The number of aromatic nitrogens is 2. The summed E-state index contributed by atoms with van der Waals surface area (Å²) in [5.41, 5.74) is 0. The third-order valence-electron chi connectivity index (χ3n) is 2.23. The minimum atomic E-state index is -3.20. The van der Waals surface area contributed by atoms with Crippen molar-refractivity contribution in [2.75, 3.05) is 42.8 Å². The van der Waals surface area contributed by atoms with Crippen LogP contribution in [0.15, 0.2) is 11.2 Å². The Balaban J connectivity index is 2.69. The van der Waals surface area contributed by atoms with E-state index in [-0.39, 0.29) is 5.75 Å². The molecule has 0 aliphatic heterocycles. The van der Waals surface area contributed by atoms with Crippen LogP contribution in [0.1, 0.15) is 6.92 Å². The Morgan fingerprint density at radius 3 is 2.42 bits per heavy atom. The Bertz CT molecular complexity index is 507. The maximum absolute atomic E-state index is 11.3. The van der Waals surface area contributed by atoms with E-state index in [1.54, 1.807) is 6.07 Å². The van der Waals surface area contributed by atoms with Gasteiger partial charge >= 0.3 is 0 Å². The second kappa shape index (κ2) is 7.51. The third kappa shape index (κ3) is 5.62. The lowest BCUT2D eigenvalue weighted by Gasteiger charge is -2.09. The number of rotatable bonds is 8. The minimum absolute atomic E-state index is 0.00135. The van der Waals surface area contributed by atoms with Crippen LogP contribution in [-0.4, -0.2) is 50.5 Å². The SMILES string of the molecule is CCNc1cc(NCCS(=O)(=O)NC)nc(SC)n1. The topological polar surface area (TPSA) is 96.0 Å². The first-order valence-electron chi connectivity index (χ1n) is 5.82. The van der Waals surface area contributed by atoms with Crippen LogP contribution in [0.2, 0.25) is 0 Å². The van der Waals surface area contributed by atoms with Gasteiger partial charge in [0.2, 0.25) is 10.0 Å². The molecule has 0 spiro atoms. The highest BCUT2D eigenvalue weighted by molar-refractivity contribution is 7.98. The molecule has 0 fully saturated rings. The average Bonchev–Trinajstić information content (AvgIpc) is 2.38. The molecule has 1 rings (SSSR count). The van der Waals surface area contributed by atoms with E-state index in [0.717, 1.165) is 12.4 Å². The van der Waals surface area contributed by atoms with Crippen molar-refractivity contribution in [3.05, 3.63) is 6.07 Å². The summed E-state index contributed by atoms with van der Waals surface area (Å²) in [6.07, 6.45) is 1.89. The monoisotopic (exact) mass is 305 g/mol. The fourth-order valence-corrected chi connectivity index (χ4v) is 2.25. The van der Waals surface area contributed by atoms with Crippen LogP contribution in [0.4, 0.5) is 11.6 Å². The molecule has 0 saturated heterocycles. The standard InChI is InChI=1S/C10H19N5O2S2/c1-4-12-8-7-9(15-10(14-8)18-3)13-5-6-19(16,17)11-2/h7,11H,4-6H2,1-3H3,(H2,12,13,14,15). The summed E-state index contributed by atoms with van der Waals surface area (Å²) in [5, 5.41) is 6.73. The molecule has 0 aliphatic carbocycles. The van der Waals surface area contributed by atoms with Crippen LogP contribution in [-0.2, 0) is 10.0 Å². The van der Waals surface area contributed by atoms with Crippen molar-refractivity contribution < 1.29 is 8.42 Å². The molecule has 0 amide bonds. The zero-order chi connectivity index (χ0) is 14.3. The molecule has 108 valence electrons. The normalized spacial score (nSPS) is 11.3. The van der Waals surface area contributed by atoms with E-state index in [1.807, 2.05) is 13.2 Å². The van der Waals surface area contributed by atoms with Gasteiger partial charge in [-0.1, -0.05) is 11.8 Å². The van der Waals surface area contributed by atoms with Gasteiger partial charge in [0.1, 0.15) is 11.6 Å². The van der Waals surface area contributed by atoms with E-state index in [1.165, 1.54) is 18.8 Å². The highest BCUT2D eigenvalue weighted by Gasteiger charge is 2.07. The van der Waals surface area contributed by atoms with Crippen molar-refractivity contribution in [3.63, 3.8) is 0 Å². The summed E-state index contributed by atoms with van der Waals surface area (Å²) in [5.74, 6) is 1.33. The van der Waals surface area contributed by atoms with Crippen LogP contribution in [0.3, 0.4) is 0 Å². The van der Waals surface area contributed by atoms with Crippen molar-refractivity contribution in [1.29, 1.82) is 0 Å². The molecule has 1 aromatic rings. The summed E-state index contributed by atoms with van der Waals surface area (Å²) >= 11 is 1.43. The first kappa shape index (κ1) is 16.0. The Hall–Kier alpha value is -1.06. The van der Waals surface area contributed by atoms with Gasteiger partial charge in [0.15, 0.2) is 5.16 Å². The van der Waals surface area contributed by atoms with Crippen LogP contribution in [0.25, 0.3) is 0 Å². The van der Waals surface area contributed by atoms with Crippen molar-refractivity contribution in [3.8, 4) is 0 Å². The molecule has 1 heterocycles. The first-order chi connectivity index (χ1) is 9.00. The van der Waals surface area contributed by atoms with Crippen LogP contribution < -0.4 is 15.4 Å².